The zero-order valence-electron chi connectivity index (χ0n) is 13.0. The fourth-order valence-electron chi connectivity index (χ4n) is 2.38. The molecule has 2 aromatic carbocycles. The number of hydrogen-bond donors (Lipinski definition) is 1. The number of carbonyl (C=O) groups excluding carboxylic acids is 1. The molecule has 1 heterocycles. The van der Waals surface area contributed by atoms with Gasteiger partial charge in [-0.2, -0.15) is 5.10 Å². The molecule has 0 aliphatic heterocycles. The monoisotopic (exact) mass is 329 g/mol. The molecule has 0 bridgehead atoms. The van der Waals surface area contributed by atoms with Crippen LogP contribution in [0.15, 0.2) is 42.6 Å². The lowest BCUT2D eigenvalue weighted by Gasteiger charge is -2.10. The van der Waals surface area contributed by atoms with Gasteiger partial charge in [0.05, 0.1) is 18.8 Å². The van der Waals surface area contributed by atoms with Gasteiger partial charge in [0.1, 0.15) is 23.9 Å². The predicted molar refractivity (Wildman–Crippen MR) is 86.1 cm³/mol. The van der Waals surface area contributed by atoms with E-state index in [4.69, 9.17) is 10.5 Å². The van der Waals surface area contributed by atoms with E-state index >= 15 is 0 Å². The van der Waals surface area contributed by atoms with Gasteiger partial charge >= 0.3 is 5.97 Å². The van der Waals surface area contributed by atoms with Gasteiger partial charge in [0.15, 0.2) is 0 Å². The number of nitrogens with zero attached hydrogens (tertiary/aromatic N) is 2. The van der Waals surface area contributed by atoms with Crippen LogP contribution in [0.2, 0.25) is 0 Å². The first kappa shape index (κ1) is 15.9. The summed E-state index contributed by atoms with van der Waals surface area (Å²) in [5.41, 5.74) is 6.99. The van der Waals surface area contributed by atoms with Gasteiger partial charge in [-0.3, -0.25) is 9.48 Å². The number of aromatic nitrogens is 2. The molecule has 6 nitrogen and oxygen atoms in total. The first-order valence-electron chi connectivity index (χ1n) is 7.29. The maximum Gasteiger partial charge on any atom is 0.327 e. The maximum absolute atomic E-state index is 13.3. The lowest BCUT2D eigenvalue weighted by Crippen LogP contribution is -2.12. The van der Waals surface area contributed by atoms with Crippen LogP contribution in [0, 0.1) is 5.82 Å². The molecular weight excluding hydrogens is 313 g/mol. The Hall–Kier alpha value is -2.93. The number of ether oxygens (including phenoxy) is 2. The third kappa shape index (κ3) is 3.21. The van der Waals surface area contributed by atoms with E-state index < -0.39 is 0 Å². The van der Waals surface area contributed by atoms with Crippen molar-refractivity contribution in [2.45, 2.75) is 13.1 Å². The molecule has 0 saturated heterocycles. The Morgan fingerprint density at radius 1 is 1.29 bits per heavy atom. The number of rotatable bonds is 5. The fraction of sp³-hybridized carbons (Fsp3) is 0.176. The largest absolute Gasteiger partial charge is 0.468 e. The minimum Gasteiger partial charge on any atom is -0.468 e. The normalized spacial score (nSPS) is 10.8. The van der Waals surface area contributed by atoms with Gasteiger partial charge in [-0.05, 0) is 36.4 Å². The predicted octanol–water partition coefficient (Wildman–Crippen LogP) is 2.60. The Morgan fingerprint density at radius 3 is 2.88 bits per heavy atom. The molecule has 0 spiro atoms. The highest BCUT2D eigenvalue weighted by molar-refractivity contribution is 5.82. The van der Waals surface area contributed by atoms with E-state index in [1.54, 1.807) is 35.1 Å². The molecule has 1 aromatic heterocycles. The number of halogens is 1. The van der Waals surface area contributed by atoms with E-state index in [0.29, 0.717) is 17.1 Å². The van der Waals surface area contributed by atoms with Crippen molar-refractivity contribution in [1.82, 2.24) is 9.78 Å². The van der Waals surface area contributed by atoms with Crippen LogP contribution >= 0.6 is 0 Å². The summed E-state index contributed by atoms with van der Waals surface area (Å²) in [4.78, 5) is 11.4. The number of fused-ring (bicyclic) bond motifs is 1. The number of nitrogens with two attached hydrogens (primary N) is 1. The average molecular weight is 329 g/mol. The van der Waals surface area contributed by atoms with E-state index in [1.165, 1.54) is 19.2 Å². The van der Waals surface area contributed by atoms with Crippen molar-refractivity contribution < 1.29 is 18.7 Å². The molecule has 3 rings (SSSR count). The second-order valence-corrected chi connectivity index (χ2v) is 5.16. The summed E-state index contributed by atoms with van der Waals surface area (Å²) in [5.74, 6) is 0.336. The minimum absolute atomic E-state index is 0.0372. The third-order valence-electron chi connectivity index (χ3n) is 3.59. The van der Waals surface area contributed by atoms with Crippen LogP contribution in [0.25, 0.3) is 10.9 Å². The van der Waals surface area contributed by atoms with E-state index in [1.807, 2.05) is 0 Å². The smallest absolute Gasteiger partial charge is 0.327 e. The first-order chi connectivity index (χ1) is 11.6. The van der Waals surface area contributed by atoms with Gasteiger partial charge in [-0.1, -0.05) is 0 Å². The summed E-state index contributed by atoms with van der Waals surface area (Å²) < 4.78 is 25.3. The zero-order chi connectivity index (χ0) is 17.1. The molecule has 0 amide bonds. The van der Waals surface area contributed by atoms with Gasteiger partial charge in [0.2, 0.25) is 0 Å². The molecule has 3 aromatic rings. The molecule has 0 saturated carbocycles. The Kier molecular flexibility index (Phi) is 4.43. The first-order valence-corrected chi connectivity index (χ1v) is 7.29. The van der Waals surface area contributed by atoms with E-state index in [0.717, 1.165) is 10.9 Å². The van der Waals surface area contributed by atoms with E-state index in [2.05, 4.69) is 9.84 Å². The highest BCUT2D eigenvalue weighted by Crippen LogP contribution is 2.28. The van der Waals surface area contributed by atoms with E-state index in [9.17, 15) is 9.18 Å². The van der Waals surface area contributed by atoms with Gasteiger partial charge in [-0.15, -0.1) is 0 Å². The molecule has 124 valence electrons. The highest BCUT2D eigenvalue weighted by Gasteiger charge is 2.10. The maximum atomic E-state index is 13.3. The van der Waals surface area contributed by atoms with Crippen molar-refractivity contribution in [2.24, 2.45) is 5.73 Å². The molecule has 2 N–H and O–H groups in total. The summed E-state index contributed by atoms with van der Waals surface area (Å²) >= 11 is 0. The number of esters is 1. The summed E-state index contributed by atoms with van der Waals surface area (Å²) in [7, 11) is 1.33. The lowest BCUT2D eigenvalue weighted by atomic mass is 10.2. The van der Waals surface area contributed by atoms with Crippen molar-refractivity contribution in [3.63, 3.8) is 0 Å². The third-order valence-corrected chi connectivity index (χ3v) is 3.59. The highest BCUT2D eigenvalue weighted by atomic mass is 19.1. The number of carbonyl (C=O) groups is 1. The SMILES string of the molecule is COC(=O)Cn1ncc2cc(Oc3ccc(F)cc3CN)ccc21. The number of methoxy groups -OCH3 is 1. The Labute approximate surface area is 137 Å². The van der Waals surface area contributed by atoms with Crippen molar-refractivity contribution >= 4 is 16.9 Å². The summed E-state index contributed by atoms with van der Waals surface area (Å²) in [5, 5.41) is 4.98. The van der Waals surface area contributed by atoms with E-state index in [-0.39, 0.29) is 24.9 Å². The molecule has 0 atom stereocenters. The van der Waals surface area contributed by atoms with Crippen LogP contribution < -0.4 is 10.5 Å². The topological polar surface area (TPSA) is 79.4 Å². The average Bonchev–Trinajstić information content (AvgIpc) is 2.98. The summed E-state index contributed by atoms with van der Waals surface area (Å²) in [6, 6.07) is 9.56. The summed E-state index contributed by atoms with van der Waals surface area (Å²) in [6.45, 7) is 0.210. The second kappa shape index (κ2) is 6.67. The fourth-order valence-corrected chi connectivity index (χ4v) is 2.38. The molecule has 0 aliphatic rings. The van der Waals surface area contributed by atoms with Crippen molar-refractivity contribution in [2.75, 3.05) is 7.11 Å². The quantitative estimate of drug-likeness (QED) is 0.728. The Bertz CT molecular complexity index is 892. The van der Waals surface area contributed by atoms with Crippen molar-refractivity contribution in [3.05, 3.63) is 54.0 Å². The molecule has 0 radical (unpaired) electrons. The van der Waals surface area contributed by atoms with Gasteiger partial charge in [0, 0.05) is 17.5 Å². The molecule has 0 unspecified atom stereocenters. The standard InChI is InChI=1S/C17H16FN3O3/c1-23-17(22)10-21-15-4-3-14(7-12(15)9-20-21)24-16-5-2-13(18)6-11(16)8-19/h2-7,9H,8,10,19H2,1H3. The van der Waals surface area contributed by atoms with Crippen molar-refractivity contribution in [3.8, 4) is 11.5 Å². The van der Waals surface area contributed by atoms with Crippen LogP contribution in [0.4, 0.5) is 4.39 Å². The van der Waals surface area contributed by atoms with Crippen LogP contribution in [-0.4, -0.2) is 22.9 Å². The molecule has 0 aliphatic carbocycles. The van der Waals surface area contributed by atoms with Crippen molar-refractivity contribution in [1.29, 1.82) is 0 Å². The van der Waals surface area contributed by atoms with Crippen LogP contribution in [0.3, 0.4) is 0 Å². The van der Waals surface area contributed by atoms with Gasteiger partial charge < -0.3 is 15.2 Å². The number of hydrogen-bond acceptors (Lipinski definition) is 5. The van der Waals surface area contributed by atoms with Gasteiger partial charge in [0.25, 0.3) is 0 Å². The van der Waals surface area contributed by atoms with Crippen LogP contribution in [0.1, 0.15) is 5.56 Å². The molecule has 24 heavy (non-hydrogen) atoms. The molecule has 0 fully saturated rings. The molecule has 7 heteroatoms. The van der Waals surface area contributed by atoms with Crippen LogP contribution in [-0.2, 0) is 22.6 Å². The lowest BCUT2D eigenvalue weighted by molar-refractivity contribution is -0.141. The summed E-state index contributed by atoms with van der Waals surface area (Å²) in [6.07, 6.45) is 1.64. The van der Waals surface area contributed by atoms with Crippen LogP contribution in [0.5, 0.6) is 11.5 Å². The zero-order valence-corrected chi connectivity index (χ0v) is 13.0. The Balaban J connectivity index is 1.88. The number of benzene rings is 2. The second-order valence-electron chi connectivity index (χ2n) is 5.16. The molecular formula is C17H16FN3O3. The Morgan fingerprint density at radius 2 is 2.12 bits per heavy atom. The minimum atomic E-state index is -0.376. The van der Waals surface area contributed by atoms with Gasteiger partial charge in [-0.25, -0.2) is 4.39 Å².